The lowest BCUT2D eigenvalue weighted by atomic mass is 10.3. The van der Waals surface area contributed by atoms with Gasteiger partial charge < -0.3 is 5.73 Å². The molecule has 0 spiro atoms. The van der Waals surface area contributed by atoms with Crippen LogP contribution in [0, 0.1) is 0 Å². The van der Waals surface area contributed by atoms with E-state index in [4.69, 9.17) is 5.73 Å². The molecule has 1 aromatic heterocycles. The zero-order valence-electron chi connectivity index (χ0n) is 9.09. The van der Waals surface area contributed by atoms with E-state index < -0.39 is 10.0 Å². The van der Waals surface area contributed by atoms with Gasteiger partial charge in [-0.15, -0.1) is 0 Å². The first-order chi connectivity index (χ1) is 8.49. The van der Waals surface area contributed by atoms with Crippen molar-refractivity contribution in [3.63, 3.8) is 0 Å². The number of H-pyrrole nitrogens is 1. The molecule has 0 saturated heterocycles. The molecule has 18 heavy (non-hydrogen) atoms. The van der Waals surface area contributed by atoms with Crippen LogP contribution in [0.5, 0.6) is 0 Å². The Bertz CT molecular complexity index is 641. The fourth-order valence-corrected chi connectivity index (χ4v) is 2.95. The SMILES string of the molecule is Nc1ccc(Br)cc1S(=O)(=O)NCc1ncn[nH]1. The van der Waals surface area contributed by atoms with Crippen LogP contribution < -0.4 is 10.5 Å². The summed E-state index contributed by atoms with van der Waals surface area (Å²) in [6.07, 6.45) is 1.30. The van der Waals surface area contributed by atoms with Gasteiger partial charge in [-0.1, -0.05) is 15.9 Å². The summed E-state index contributed by atoms with van der Waals surface area (Å²) in [4.78, 5) is 3.84. The number of aromatic nitrogens is 3. The highest BCUT2D eigenvalue weighted by atomic mass is 79.9. The number of nitrogens with two attached hydrogens (primary N) is 1. The molecule has 0 atom stereocenters. The number of nitrogens with one attached hydrogen (secondary N) is 2. The van der Waals surface area contributed by atoms with Gasteiger partial charge in [0.15, 0.2) is 0 Å². The third-order valence-corrected chi connectivity index (χ3v) is 4.11. The van der Waals surface area contributed by atoms with E-state index in [1.54, 1.807) is 6.07 Å². The molecule has 1 heterocycles. The molecule has 2 rings (SSSR count). The third-order valence-electron chi connectivity index (χ3n) is 2.16. The highest BCUT2D eigenvalue weighted by molar-refractivity contribution is 9.10. The Labute approximate surface area is 112 Å². The maximum absolute atomic E-state index is 12.0. The minimum Gasteiger partial charge on any atom is -0.398 e. The lowest BCUT2D eigenvalue weighted by molar-refractivity contribution is 0.580. The van der Waals surface area contributed by atoms with Crippen LogP contribution in [-0.4, -0.2) is 23.6 Å². The number of hydrogen-bond donors (Lipinski definition) is 3. The van der Waals surface area contributed by atoms with E-state index in [0.717, 1.165) is 0 Å². The predicted molar refractivity (Wildman–Crippen MR) is 69.0 cm³/mol. The summed E-state index contributed by atoms with van der Waals surface area (Å²) in [5.41, 5.74) is 5.83. The van der Waals surface area contributed by atoms with Gasteiger partial charge in [-0.05, 0) is 18.2 Å². The van der Waals surface area contributed by atoms with E-state index in [0.29, 0.717) is 10.3 Å². The number of hydrogen-bond acceptors (Lipinski definition) is 5. The second-order valence-electron chi connectivity index (χ2n) is 3.44. The molecule has 0 bridgehead atoms. The van der Waals surface area contributed by atoms with Crippen molar-refractivity contribution in [3.05, 3.63) is 34.8 Å². The topological polar surface area (TPSA) is 114 Å². The fourth-order valence-electron chi connectivity index (χ4n) is 1.30. The monoisotopic (exact) mass is 331 g/mol. The Morgan fingerprint density at radius 3 is 2.89 bits per heavy atom. The second-order valence-corrected chi connectivity index (χ2v) is 6.09. The van der Waals surface area contributed by atoms with Gasteiger partial charge in [-0.3, -0.25) is 5.10 Å². The van der Waals surface area contributed by atoms with Gasteiger partial charge in [-0.2, -0.15) is 5.10 Å². The van der Waals surface area contributed by atoms with Gasteiger partial charge >= 0.3 is 0 Å². The first kappa shape index (κ1) is 13.0. The van der Waals surface area contributed by atoms with Crippen LogP contribution in [0.2, 0.25) is 0 Å². The molecule has 7 nitrogen and oxygen atoms in total. The molecular weight excluding hydrogens is 322 g/mol. The second kappa shape index (κ2) is 5.04. The summed E-state index contributed by atoms with van der Waals surface area (Å²) in [5.74, 6) is 0.423. The molecule has 0 amide bonds. The predicted octanol–water partition coefficient (Wildman–Crippen LogP) is 0.628. The first-order valence-electron chi connectivity index (χ1n) is 4.88. The molecule has 96 valence electrons. The van der Waals surface area contributed by atoms with Crippen LogP contribution in [0.15, 0.2) is 33.9 Å². The number of rotatable bonds is 4. The van der Waals surface area contributed by atoms with Crippen LogP contribution in [0.1, 0.15) is 5.82 Å². The van der Waals surface area contributed by atoms with E-state index in [1.807, 2.05) is 0 Å². The van der Waals surface area contributed by atoms with Crippen molar-refractivity contribution in [1.82, 2.24) is 19.9 Å². The van der Waals surface area contributed by atoms with Gasteiger partial charge in [0.1, 0.15) is 17.0 Å². The number of sulfonamides is 1. The number of anilines is 1. The van der Waals surface area contributed by atoms with Gasteiger partial charge in [0.25, 0.3) is 0 Å². The van der Waals surface area contributed by atoms with E-state index in [9.17, 15) is 8.42 Å². The molecule has 0 fully saturated rings. The molecule has 0 aliphatic carbocycles. The molecule has 0 unspecified atom stereocenters. The molecule has 1 aromatic carbocycles. The highest BCUT2D eigenvalue weighted by Gasteiger charge is 2.17. The number of halogens is 1. The quantitative estimate of drug-likeness (QED) is 0.711. The molecule has 4 N–H and O–H groups in total. The van der Waals surface area contributed by atoms with E-state index in [1.165, 1.54) is 18.5 Å². The summed E-state index contributed by atoms with van der Waals surface area (Å²) in [5, 5.41) is 6.18. The molecule has 0 aliphatic rings. The van der Waals surface area contributed by atoms with E-state index >= 15 is 0 Å². The molecule has 0 radical (unpaired) electrons. The Morgan fingerprint density at radius 1 is 1.44 bits per heavy atom. The zero-order valence-corrected chi connectivity index (χ0v) is 11.5. The van der Waals surface area contributed by atoms with Crippen molar-refractivity contribution in [2.24, 2.45) is 0 Å². The van der Waals surface area contributed by atoms with Crippen molar-refractivity contribution < 1.29 is 8.42 Å². The third kappa shape index (κ3) is 2.86. The summed E-state index contributed by atoms with van der Waals surface area (Å²) in [6.45, 7) is 0.0221. The average molecular weight is 332 g/mol. The Balaban J connectivity index is 2.22. The van der Waals surface area contributed by atoms with Crippen LogP contribution in [0.4, 0.5) is 5.69 Å². The van der Waals surface area contributed by atoms with E-state index in [2.05, 4.69) is 35.8 Å². The van der Waals surface area contributed by atoms with Gasteiger partial charge in [0.2, 0.25) is 10.0 Å². The molecule has 0 saturated carbocycles. The van der Waals surface area contributed by atoms with Crippen LogP contribution in [0.25, 0.3) is 0 Å². The number of benzene rings is 1. The van der Waals surface area contributed by atoms with Crippen molar-refractivity contribution in [2.75, 3.05) is 5.73 Å². The van der Waals surface area contributed by atoms with Crippen LogP contribution >= 0.6 is 15.9 Å². The summed E-state index contributed by atoms with van der Waals surface area (Å²) >= 11 is 3.20. The zero-order chi connectivity index (χ0) is 13.2. The van der Waals surface area contributed by atoms with Crippen molar-refractivity contribution in [2.45, 2.75) is 11.4 Å². The molecule has 0 aliphatic heterocycles. The normalized spacial score (nSPS) is 11.6. The smallest absolute Gasteiger partial charge is 0.243 e. The van der Waals surface area contributed by atoms with Gasteiger partial charge in [0.05, 0.1) is 12.2 Å². The van der Waals surface area contributed by atoms with Crippen molar-refractivity contribution in [3.8, 4) is 0 Å². The van der Waals surface area contributed by atoms with Crippen molar-refractivity contribution >= 4 is 31.6 Å². The fraction of sp³-hybridized carbons (Fsp3) is 0.111. The van der Waals surface area contributed by atoms with Gasteiger partial charge in [0, 0.05) is 4.47 Å². The number of nitrogens with zero attached hydrogens (tertiary/aromatic N) is 2. The Hall–Kier alpha value is -1.45. The Kier molecular flexibility index (Phi) is 3.64. The Morgan fingerprint density at radius 2 is 2.22 bits per heavy atom. The lowest BCUT2D eigenvalue weighted by Crippen LogP contribution is -2.24. The molecule has 2 aromatic rings. The highest BCUT2D eigenvalue weighted by Crippen LogP contribution is 2.22. The summed E-state index contributed by atoms with van der Waals surface area (Å²) < 4.78 is 27.1. The molecular formula is C9H10BrN5O2S. The van der Waals surface area contributed by atoms with Gasteiger partial charge in [-0.25, -0.2) is 18.1 Å². The average Bonchev–Trinajstić information content (AvgIpc) is 2.83. The standard InChI is InChI=1S/C9H10BrN5O2S/c10-6-1-2-7(11)8(3-6)18(16,17)14-4-9-12-5-13-15-9/h1-3,5,14H,4,11H2,(H,12,13,15). The van der Waals surface area contributed by atoms with Crippen LogP contribution in [-0.2, 0) is 16.6 Å². The maximum atomic E-state index is 12.0. The summed E-state index contributed by atoms with van der Waals surface area (Å²) in [7, 11) is -3.68. The number of nitrogen functional groups attached to an aromatic ring is 1. The molecule has 9 heteroatoms. The lowest BCUT2D eigenvalue weighted by Gasteiger charge is -2.08. The van der Waals surface area contributed by atoms with Crippen molar-refractivity contribution in [1.29, 1.82) is 0 Å². The van der Waals surface area contributed by atoms with E-state index in [-0.39, 0.29) is 17.1 Å². The first-order valence-corrected chi connectivity index (χ1v) is 7.15. The number of aromatic amines is 1. The minimum atomic E-state index is -3.68. The minimum absolute atomic E-state index is 0.0221. The largest absolute Gasteiger partial charge is 0.398 e. The maximum Gasteiger partial charge on any atom is 0.243 e. The van der Waals surface area contributed by atoms with Crippen LogP contribution in [0.3, 0.4) is 0 Å². The summed E-state index contributed by atoms with van der Waals surface area (Å²) in [6, 6.07) is 4.63.